The number of aromatic nitrogens is 1. The van der Waals surface area contributed by atoms with E-state index in [0.717, 1.165) is 0 Å². The van der Waals surface area contributed by atoms with Gasteiger partial charge in [0.05, 0.1) is 5.56 Å². The fraction of sp³-hybridized carbons (Fsp3) is 0.154. The highest BCUT2D eigenvalue weighted by Crippen LogP contribution is 2.29. The van der Waals surface area contributed by atoms with Gasteiger partial charge >= 0.3 is 12.1 Å². The fourth-order valence-electron chi connectivity index (χ4n) is 1.42. The second-order valence-corrected chi connectivity index (χ2v) is 4.44. The minimum absolute atomic E-state index is 0.131. The van der Waals surface area contributed by atoms with E-state index >= 15 is 0 Å². The number of hydrogen-bond donors (Lipinski definition) is 2. The van der Waals surface area contributed by atoms with Crippen LogP contribution in [0.15, 0.2) is 30.0 Å². The molecule has 1 rings (SSSR count). The van der Waals surface area contributed by atoms with E-state index in [0.29, 0.717) is 17.8 Å². The number of hydrogen-bond acceptors (Lipinski definition) is 3. The third-order valence-electron chi connectivity index (χ3n) is 2.33. The van der Waals surface area contributed by atoms with E-state index in [4.69, 9.17) is 22.1 Å². The molecule has 0 atom stereocenters. The first-order chi connectivity index (χ1) is 9.61. The number of halogens is 4. The van der Waals surface area contributed by atoms with Gasteiger partial charge in [0.2, 0.25) is 0 Å². The predicted octanol–water partition coefficient (Wildman–Crippen LogP) is 3.97. The maximum absolute atomic E-state index is 12.6. The topological polar surface area (TPSA) is 74.0 Å². The number of aromatic carboxylic acids is 1. The quantitative estimate of drug-likeness (QED) is 0.651. The van der Waals surface area contributed by atoms with Crippen molar-refractivity contribution in [3.63, 3.8) is 0 Å². The van der Waals surface area contributed by atoms with Gasteiger partial charge in [0.15, 0.2) is 0 Å². The average Bonchev–Trinajstić information content (AvgIpc) is 2.34. The van der Waals surface area contributed by atoms with Crippen LogP contribution in [0, 0.1) is 5.41 Å². The fourth-order valence-corrected chi connectivity index (χ4v) is 1.49. The summed E-state index contributed by atoms with van der Waals surface area (Å²) in [4.78, 5) is 14.1. The molecule has 0 aromatic carbocycles. The van der Waals surface area contributed by atoms with Crippen molar-refractivity contribution < 1.29 is 23.1 Å². The second-order valence-electron chi connectivity index (χ2n) is 4.03. The summed E-state index contributed by atoms with van der Waals surface area (Å²) in [6.45, 7) is 1.54. The number of carboxylic acid groups (broad SMARTS) is 1. The number of alkyl halides is 3. The van der Waals surface area contributed by atoms with Crippen LogP contribution in [0.5, 0.6) is 0 Å². The molecule has 0 aliphatic rings. The highest BCUT2D eigenvalue weighted by molar-refractivity contribution is 6.67. The zero-order valence-corrected chi connectivity index (χ0v) is 11.5. The molecule has 0 aliphatic heterocycles. The number of allylic oxidation sites excluding steroid dienone is 3. The van der Waals surface area contributed by atoms with Crippen LogP contribution in [0.2, 0.25) is 0 Å². The van der Waals surface area contributed by atoms with Gasteiger partial charge < -0.3 is 5.11 Å². The van der Waals surface area contributed by atoms with E-state index in [1.165, 1.54) is 25.2 Å². The summed E-state index contributed by atoms with van der Waals surface area (Å²) in [6.07, 6.45) is -0.149. The number of nitrogens with zero attached hydrogens (tertiary/aromatic N) is 1. The van der Waals surface area contributed by atoms with Gasteiger partial charge in [-0.05, 0) is 24.6 Å². The van der Waals surface area contributed by atoms with Gasteiger partial charge in [-0.1, -0.05) is 29.3 Å². The van der Waals surface area contributed by atoms with Gasteiger partial charge in [0.25, 0.3) is 0 Å². The van der Waals surface area contributed by atoms with E-state index < -0.39 is 17.8 Å². The first-order valence-electron chi connectivity index (χ1n) is 5.52. The molecule has 0 spiro atoms. The zero-order chi connectivity index (χ0) is 16.2. The normalized spacial score (nSPS) is 12.7. The van der Waals surface area contributed by atoms with Crippen LogP contribution in [-0.2, 0) is 6.18 Å². The lowest BCUT2D eigenvalue weighted by molar-refractivity contribution is -0.141. The maximum Gasteiger partial charge on any atom is 0.433 e. The molecule has 1 heterocycles. The molecule has 2 N–H and O–H groups in total. The minimum Gasteiger partial charge on any atom is -0.478 e. The number of carboxylic acids is 1. The zero-order valence-electron chi connectivity index (χ0n) is 10.7. The highest BCUT2D eigenvalue weighted by Gasteiger charge is 2.33. The van der Waals surface area contributed by atoms with E-state index in [1.54, 1.807) is 0 Å². The Labute approximate surface area is 123 Å². The molecule has 0 saturated heterocycles. The summed E-state index contributed by atoms with van der Waals surface area (Å²) in [7, 11) is 0. The number of rotatable bonds is 4. The van der Waals surface area contributed by atoms with Gasteiger partial charge in [-0.25, -0.2) is 4.79 Å². The van der Waals surface area contributed by atoms with Crippen molar-refractivity contribution in [1.29, 1.82) is 5.41 Å². The highest BCUT2D eigenvalue weighted by atomic mass is 35.5. The van der Waals surface area contributed by atoms with Gasteiger partial charge in [0.1, 0.15) is 10.9 Å². The molecule has 0 unspecified atom stereocenters. The minimum atomic E-state index is -4.67. The van der Waals surface area contributed by atoms with Crippen LogP contribution < -0.4 is 0 Å². The molecule has 1 aromatic heterocycles. The lowest BCUT2D eigenvalue weighted by atomic mass is 10.1. The Morgan fingerprint density at radius 1 is 1.43 bits per heavy atom. The van der Waals surface area contributed by atoms with Gasteiger partial charge in [0, 0.05) is 6.20 Å². The van der Waals surface area contributed by atoms with E-state index in [-0.39, 0.29) is 16.3 Å². The van der Waals surface area contributed by atoms with Crippen molar-refractivity contribution in [2.45, 2.75) is 13.1 Å². The van der Waals surface area contributed by atoms with Gasteiger partial charge in [-0.2, -0.15) is 13.2 Å². The van der Waals surface area contributed by atoms with Crippen LogP contribution in [0.3, 0.4) is 0 Å². The van der Waals surface area contributed by atoms with E-state index in [2.05, 4.69) is 4.98 Å². The standard InChI is InChI=1S/C13H10ClF3N2O2/c1-7(2-3-11(14)18)4-8-5-10(13(15,16)17)19-6-9(8)12(20)21/h2-6,18H,1H3,(H,20,21)/b3-2-,7-4+,18-11?. The maximum atomic E-state index is 12.6. The molecule has 4 nitrogen and oxygen atoms in total. The Hall–Kier alpha value is -2.15. The smallest absolute Gasteiger partial charge is 0.433 e. The van der Waals surface area contributed by atoms with Crippen LogP contribution in [0.4, 0.5) is 13.2 Å². The van der Waals surface area contributed by atoms with Crippen molar-refractivity contribution in [2.24, 2.45) is 0 Å². The Balaban J connectivity index is 3.34. The predicted molar refractivity (Wildman–Crippen MR) is 72.6 cm³/mol. The van der Waals surface area contributed by atoms with Gasteiger partial charge in [-0.3, -0.25) is 10.4 Å². The second kappa shape index (κ2) is 6.53. The van der Waals surface area contributed by atoms with Gasteiger partial charge in [-0.15, -0.1) is 0 Å². The third-order valence-corrected chi connectivity index (χ3v) is 2.46. The van der Waals surface area contributed by atoms with Crippen molar-refractivity contribution in [1.82, 2.24) is 4.98 Å². The van der Waals surface area contributed by atoms with Crippen LogP contribution in [0.1, 0.15) is 28.5 Å². The third kappa shape index (κ3) is 5.03. The molecular formula is C13H10ClF3N2O2. The van der Waals surface area contributed by atoms with Crippen LogP contribution in [0.25, 0.3) is 6.08 Å². The Kier molecular flexibility index (Phi) is 5.26. The first kappa shape index (κ1) is 16.9. The Morgan fingerprint density at radius 2 is 2.05 bits per heavy atom. The summed E-state index contributed by atoms with van der Waals surface area (Å²) >= 11 is 5.31. The van der Waals surface area contributed by atoms with E-state index in [1.807, 2.05) is 0 Å². The lowest BCUT2D eigenvalue weighted by Gasteiger charge is -2.08. The molecular weight excluding hydrogens is 309 g/mol. The average molecular weight is 319 g/mol. The summed E-state index contributed by atoms with van der Waals surface area (Å²) in [5.41, 5.74) is -1.23. The molecule has 0 radical (unpaired) electrons. The molecule has 0 fully saturated rings. The van der Waals surface area contributed by atoms with Crippen molar-refractivity contribution in [2.75, 3.05) is 0 Å². The first-order valence-corrected chi connectivity index (χ1v) is 5.90. The number of carbonyl (C=O) groups is 1. The molecule has 8 heteroatoms. The summed E-state index contributed by atoms with van der Waals surface area (Å²) in [5.74, 6) is -1.38. The van der Waals surface area contributed by atoms with E-state index in [9.17, 15) is 18.0 Å². The summed E-state index contributed by atoms with van der Waals surface area (Å²) in [5, 5.41) is 15.7. The molecule has 0 bridgehead atoms. The number of nitrogens with one attached hydrogen (secondary N) is 1. The number of pyridine rings is 1. The largest absolute Gasteiger partial charge is 0.478 e. The SMILES string of the molecule is CC(/C=C\C(=N)Cl)=C\c1cc(C(F)(F)F)ncc1C(=O)O. The molecule has 112 valence electrons. The molecule has 0 amide bonds. The van der Waals surface area contributed by atoms with Crippen LogP contribution >= 0.6 is 11.6 Å². The monoisotopic (exact) mass is 318 g/mol. The molecule has 0 saturated carbocycles. The summed E-state index contributed by atoms with van der Waals surface area (Å²) < 4.78 is 37.8. The summed E-state index contributed by atoms with van der Waals surface area (Å²) in [6, 6.07) is 0.660. The lowest BCUT2D eigenvalue weighted by Crippen LogP contribution is -2.11. The Bertz CT molecular complexity index is 637. The van der Waals surface area contributed by atoms with Crippen molar-refractivity contribution >= 4 is 28.8 Å². The molecule has 1 aromatic rings. The van der Waals surface area contributed by atoms with Crippen molar-refractivity contribution in [3.05, 3.63) is 46.8 Å². The van der Waals surface area contributed by atoms with Crippen LogP contribution in [-0.4, -0.2) is 21.2 Å². The molecule has 0 aliphatic carbocycles. The van der Waals surface area contributed by atoms with Crippen molar-refractivity contribution in [3.8, 4) is 0 Å². The Morgan fingerprint density at radius 3 is 2.52 bits per heavy atom. The molecule has 21 heavy (non-hydrogen) atoms.